The maximum atomic E-state index is 17.8. The number of alkyl halides is 1. The van der Waals surface area contributed by atoms with Crippen LogP contribution in [0.15, 0.2) is 48.1 Å². The van der Waals surface area contributed by atoms with Crippen molar-refractivity contribution in [3.8, 4) is 5.75 Å². The van der Waals surface area contributed by atoms with Crippen LogP contribution in [0.2, 0.25) is 0 Å². The molecule has 0 bridgehead atoms. The van der Waals surface area contributed by atoms with Crippen LogP contribution in [0.4, 0.5) is 9.18 Å². The molecule has 0 saturated heterocycles. The van der Waals surface area contributed by atoms with Crippen LogP contribution in [0.25, 0.3) is 0 Å². The van der Waals surface area contributed by atoms with E-state index in [1.807, 2.05) is 0 Å². The number of halogens is 1. The number of ketones is 2. The van der Waals surface area contributed by atoms with Crippen molar-refractivity contribution in [2.45, 2.75) is 108 Å². The molecule has 1 aromatic carbocycles. The van der Waals surface area contributed by atoms with Gasteiger partial charge in [-0.05, 0) is 87.6 Å². The van der Waals surface area contributed by atoms with Crippen molar-refractivity contribution in [1.29, 1.82) is 0 Å². The Morgan fingerprint density at radius 1 is 0.937 bits per heavy atom. The number of carbonyl (C=O) groups is 6. The number of nitrogens with zero attached hydrogens (tertiary/aromatic N) is 2. The molecule has 21 nitrogen and oxygen atoms in total. The highest BCUT2D eigenvalue weighted by Gasteiger charge is 2.78. The Bertz CT molecular complexity index is 2030. The Labute approximate surface area is 359 Å². The minimum atomic E-state index is -2.50. The minimum Gasteiger partial charge on any atom is -0.464 e. The fourth-order valence-electron chi connectivity index (χ4n) is 9.88. The SMILES string of the molecule is CC(=O)N[C@@H](Cc1ccc(OC(=O)OCC(=O)[C@@]2(OC(=O)CCCO[N+](=O)[O-])[C@H](O)CC3C4CCC5=CC(=O)C=C[C@]5(C)[C@@]4(F)[C@@H](O)C[C@@]32C)cc1)C(=O)OCCCCO[N+](=O)[O-]. The lowest BCUT2D eigenvalue weighted by Gasteiger charge is -2.62. The van der Waals surface area contributed by atoms with E-state index in [0.29, 0.717) is 11.1 Å². The molecule has 4 aliphatic rings. The predicted molar refractivity (Wildman–Crippen MR) is 209 cm³/mol. The summed E-state index contributed by atoms with van der Waals surface area (Å²) in [6.45, 7) is 2.39. The van der Waals surface area contributed by atoms with Gasteiger partial charge in [-0.25, -0.2) is 14.0 Å². The monoisotopic (exact) mass is 891 g/mol. The molecule has 9 atom stereocenters. The van der Waals surface area contributed by atoms with E-state index in [1.54, 1.807) is 6.92 Å². The summed E-state index contributed by atoms with van der Waals surface area (Å²) in [7, 11) is 0. The highest BCUT2D eigenvalue weighted by atomic mass is 19.1. The van der Waals surface area contributed by atoms with E-state index in [2.05, 4.69) is 15.0 Å². The van der Waals surface area contributed by atoms with E-state index in [9.17, 15) is 59.2 Å². The zero-order chi connectivity index (χ0) is 46.3. The quantitative estimate of drug-likeness (QED) is 0.0423. The maximum Gasteiger partial charge on any atom is 0.514 e. The molecule has 0 aliphatic heterocycles. The molecule has 0 spiro atoms. The second-order valence-corrected chi connectivity index (χ2v) is 16.5. The Hall–Kier alpha value is -6.03. The number of aliphatic hydroxyl groups is 2. The molecule has 2 unspecified atom stereocenters. The first-order valence-electron chi connectivity index (χ1n) is 20.3. The first kappa shape index (κ1) is 48.0. The van der Waals surface area contributed by atoms with E-state index in [4.69, 9.17) is 18.9 Å². The molecular weight excluding hydrogens is 841 g/mol. The highest BCUT2D eigenvalue weighted by molar-refractivity contribution is 6.01. The maximum absolute atomic E-state index is 17.8. The number of esters is 2. The van der Waals surface area contributed by atoms with E-state index >= 15 is 4.39 Å². The van der Waals surface area contributed by atoms with Gasteiger partial charge >= 0.3 is 18.1 Å². The molecule has 3 N–H and O–H groups in total. The van der Waals surface area contributed by atoms with E-state index in [1.165, 1.54) is 56.3 Å². The summed E-state index contributed by atoms with van der Waals surface area (Å²) < 4.78 is 39.2. The number of carbonyl (C=O) groups excluding carboxylic acids is 6. The molecule has 0 aromatic heterocycles. The number of ether oxygens (including phenoxy) is 4. The summed E-state index contributed by atoms with van der Waals surface area (Å²) in [5, 5.41) is 45.0. The number of nitrogens with one attached hydrogen (secondary N) is 1. The number of fused-ring (bicyclic) bond motifs is 5. The van der Waals surface area contributed by atoms with Gasteiger partial charge in [0, 0.05) is 36.5 Å². The third-order valence-electron chi connectivity index (χ3n) is 12.8. The van der Waals surface area contributed by atoms with Crippen molar-refractivity contribution in [1.82, 2.24) is 5.32 Å². The number of benzene rings is 1. The first-order valence-corrected chi connectivity index (χ1v) is 20.3. The van der Waals surface area contributed by atoms with Gasteiger partial charge < -0.3 is 44.2 Å². The first-order chi connectivity index (χ1) is 29.7. The van der Waals surface area contributed by atoms with Crippen molar-refractivity contribution < 1.29 is 82.2 Å². The molecule has 4 aliphatic carbocycles. The van der Waals surface area contributed by atoms with Gasteiger partial charge in [-0.3, -0.25) is 19.2 Å². The molecule has 3 fully saturated rings. The summed E-state index contributed by atoms with van der Waals surface area (Å²) in [5.41, 5.74) is -6.96. The van der Waals surface area contributed by atoms with Crippen LogP contribution in [0, 0.1) is 42.9 Å². The molecule has 63 heavy (non-hydrogen) atoms. The summed E-state index contributed by atoms with van der Waals surface area (Å²) in [6, 6.07) is 4.49. The molecule has 0 radical (unpaired) electrons. The minimum absolute atomic E-state index is 0.0414. The average Bonchev–Trinajstić information content (AvgIpc) is 3.42. The Morgan fingerprint density at radius 3 is 2.24 bits per heavy atom. The van der Waals surface area contributed by atoms with Crippen LogP contribution in [0.3, 0.4) is 0 Å². The van der Waals surface area contributed by atoms with Crippen molar-refractivity contribution in [3.05, 3.63) is 73.9 Å². The smallest absolute Gasteiger partial charge is 0.464 e. The van der Waals surface area contributed by atoms with Crippen LogP contribution >= 0.6 is 0 Å². The zero-order valence-corrected chi connectivity index (χ0v) is 34.8. The van der Waals surface area contributed by atoms with Crippen molar-refractivity contribution in [3.63, 3.8) is 0 Å². The normalized spacial score (nSPS) is 29.6. The molecule has 0 heterocycles. The molecule has 1 amide bonds. The predicted octanol–water partition coefficient (Wildman–Crippen LogP) is 2.96. The summed E-state index contributed by atoms with van der Waals surface area (Å²) >= 11 is 0. The van der Waals surface area contributed by atoms with Gasteiger partial charge in [0.15, 0.2) is 18.1 Å². The summed E-state index contributed by atoms with van der Waals surface area (Å²) in [4.78, 5) is 107. The van der Waals surface area contributed by atoms with Crippen molar-refractivity contribution in [2.24, 2.45) is 22.7 Å². The number of amides is 1. The summed E-state index contributed by atoms with van der Waals surface area (Å²) in [5.74, 6) is -5.77. The number of aliphatic hydroxyl groups excluding tert-OH is 2. The summed E-state index contributed by atoms with van der Waals surface area (Å²) in [6.07, 6.45) is -1.62. The fraction of sp³-hybridized carbons (Fsp3) is 0.610. The number of Topliss-reactive ketones (excluding diaryl/α,β-unsaturated/α-hetero) is 1. The number of hydrogen-bond donors (Lipinski definition) is 3. The Balaban J connectivity index is 1.29. The Morgan fingerprint density at radius 2 is 1.59 bits per heavy atom. The van der Waals surface area contributed by atoms with E-state index < -0.39 is 118 Å². The molecular formula is C41H50FN3O18. The number of unbranched alkanes of at least 4 members (excludes halogenated alkanes) is 1. The van der Waals surface area contributed by atoms with Crippen LogP contribution in [-0.4, -0.2) is 112 Å². The van der Waals surface area contributed by atoms with Gasteiger partial charge in [-0.2, -0.15) is 0 Å². The molecule has 344 valence electrons. The lowest BCUT2D eigenvalue weighted by Crippen LogP contribution is -2.70. The zero-order valence-electron chi connectivity index (χ0n) is 34.8. The average molecular weight is 892 g/mol. The van der Waals surface area contributed by atoms with E-state index in [-0.39, 0.29) is 69.7 Å². The number of rotatable bonds is 20. The van der Waals surface area contributed by atoms with E-state index in [0.717, 1.165) is 0 Å². The van der Waals surface area contributed by atoms with Crippen molar-refractivity contribution >= 4 is 35.6 Å². The second kappa shape index (κ2) is 19.6. The molecule has 22 heteroatoms. The third-order valence-corrected chi connectivity index (χ3v) is 12.8. The van der Waals surface area contributed by atoms with Crippen LogP contribution in [-0.2, 0) is 54.3 Å². The van der Waals surface area contributed by atoms with Crippen LogP contribution in [0.1, 0.15) is 77.7 Å². The number of allylic oxidation sites excluding steroid dienone is 4. The van der Waals surface area contributed by atoms with Gasteiger partial charge in [-0.1, -0.05) is 30.7 Å². The highest BCUT2D eigenvalue weighted by Crippen LogP contribution is 2.70. The molecule has 5 rings (SSSR count). The van der Waals surface area contributed by atoms with Gasteiger partial charge in [0.1, 0.15) is 17.9 Å². The third kappa shape index (κ3) is 9.96. The number of hydrogen-bond acceptors (Lipinski definition) is 18. The standard InChI is InChI=1S/C41H50FN3O18/c1-24(46)43-31(36(52)58-16-4-5-17-60-44(54)55)19-25-8-11-28(12-9-25)62-37(53)59-23-34(50)41(63-35(51)7-6-18-61-45(56)57)32(48)21-30-29-13-10-26-20-27(47)14-15-38(26,2)40(29,42)33(49)22-39(30,41)3/h8-9,11-12,14-15,20,29-33,48-49H,4-7,10,13,16-19,21-23H2,1-3H3,(H,43,46)/t29?,30?,31-,32+,33-,38-,39-,40-,41-/m0/s1. The molecule has 1 aromatic rings. The second-order valence-electron chi connectivity index (χ2n) is 16.5. The topological polar surface area (TPSA) is 297 Å². The van der Waals surface area contributed by atoms with Crippen molar-refractivity contribution in [2.75, 3.05) is 26.4 Å². The molecule has 3 saturated carbocycles. The van der Waals surface area contributed by atoms with Gasteiger partial charge in [0.05, 0.1) is 25.9 Å². The van der Waals surface area contributed by atoms with Crippen LogP contribution < -0.4 is 10.1 Å². The fourth-order valence-corrected chi connectivity index (χ4v) is 9.88. The van der Waals surface area contributed by atoms with Gasteiger partial charge in [0.25, 0.3) is 10.2 Å². The van der Waals surface area contributed by atoms with Crippen LogP contribution in [0.5, 0.6) is 5.75 Å². The lowest BCUT2D eigenvalue weighted by molar-refractivity contribution is -0.757. The Kier molecular flexibility index (Phi) is 14.9. The van der Waals surface area contributed by atoms with Gasteiger partial charge in [-0.15, -0.1) is 20.2 Å². The van der Waals surface area contributed by atoms with Gasteiger partial charge in [0.2, 0.25) is 17.3 Å². The lowest BCUT2D eigenvalue weighted by atomic mass is 9.44. The largest absolute Gasteiger partial charge is 0.514 e.